The molecule has 0 aliphatic carbocycles. The topological polar surface area (TPSA) is 67.9 Å². The Balaban J connectivity index is 1.97. The molecular weight excluding hydrogens is 456 g/mol. The quantitative estimate of drug-likeness (QED) is 0.401. The maximum atomic E-state index is 13.0. The minimum Gasteiger partial charge on any atom is -0.493 e. The fourth-order valence-electron chi connectivity index (χ4n) is 2.77. The summed E-state index contributed by atoms with van der Waals surface area (Å²) in [5, 5.41) is 2.61. The number of nitrogens with zero attached hydrogens (tertiary/aromatic N) is 1. The number of hydrogen-bond donors (Lipinski definition) is 1. The third-order valence-electron chi connectivity index (χ3n) is 4.05. The lowest BCUT2D eigenvalue weighted by atomic mass is 10.1. The van der Waals surface area contributed by atoms with E-state index in [0.717, 1.165) is 4.47 Å². The van der Waals surface area contributed by atoms with Crippen LogP contribution in [-0.2, 0) is 9.59 Å². The van der Waals surface area contributed by atoms with Gasteiger partial charge in [0.2, 0.25) is 0 Å². The van der Waals surface area contributed by atoms with Crippen molar-refractivity contribution in [1.82, 2.24) is 5.32 Å². The second-order valence-electron chi connectivity index (χ2n) is 6.51. The summed E-state index contributed by atoms with van der Waals surface area (Å²) in [7, 11) is 1.53. The molecule has 0 unspecified atom stereocenters. The van der Waals surface area contributed by atoms with Crippen LogP contribution in [0, 0.1) is 0 Å². The molecule has 1 N–H and O–H groups in total. The number of methoxy groups -OCH3 is 1. The van der Waals surface area contributed by atoms with Crippen LogP contribution < -0.4 is 19.7 Å². The van der Waals surface area contributed by atoms with Gasteiger partial charge >= 0.3 is 0 Å². The Labute approximate surface area is 182 Å². The van der Waals surface area contributed by atoms with Crippen molar-refractivity contribution in [3.63, 3.8) is 0 Å². The van der Waals surface area contributed by atoms with Gasteiger partial charge in [-0.2, -0.15) is 0 Å². The van der Waals surface area contributed by atoms with E-state index in [1.165, 1.54) is 18.1 Å². The Morgan fingerprint density at radius 3 is 2.41 bits per heavy atom. The molecule has 2 aromatic rings. The molecule has 150 valence electrons. The van der Waals surface area contributed by atoms with Crippen molar-refractivity contribution < 1.29 is 19.1 Å². The zero-order valence-corrected chi connectivity index (χ0v) is 18.5. The molecule has 0 aromatic heterocycles. The average molecular weight is 475 g/mol. The molecule has 1 heterocycles. The number of ether oxygens (including phenoxy) is 2. The van der Waals surface area contributed by atoms with Crippen LogP contribution in [0.3, 0.4) is 0 Å². The molecule has 8 heteroatoms. The number of benzene rings is 2. The molecule has 1 saturated heterocycles. The van der Waals surface area contributed by atoms with Crippen molar-refractivity contribution in [1.29, 1.82) is 0 Å². The molecule has 29 heavy (non-hydrogen) atoms. The molecule has 6 nitrogen and oxygen atoms in total. The van der Waals surface area contributed by atoms with Gasteiger partial charge in [-0.1, -0.05) is 22.0 Å². The van der Waals surface area contributed by atoms with Crippen molar-refractivity contribution in [2.75, 3.05) is 12.0 Å². The zero-order chi connectivity index (χ0) is 21.1. The molecular formula is C21H19BrN2O4S. The predicted octanol–water partition coefficient (Wildman–Crippen LogP) is 4.08. The number of carbonyl (C=O) groups is 2. The highest BCUT2D eigenvalue weighted by molar-refractivity contribution is 9.10. The van der Waals surface area contributed by atoms with Gasteiger partial charge in [-0.05, 0) is 74.1 Å². The molecule has 2 amide bonds. The molecule has 0 radical (unpaired) electrons. The first kappa shape index (κ1) is 21.0. The molecule has 2 aromatic carbocycles. The van der Waals surface area contributed by atoms with E-state index in [2.05, 4.69) is 21.2 Å². The number of carbonyl (C=O) groups excluding carboxylic acids is 2. The van der Waals surface area contributed by atoms with Crippen LogP contribution in [0.4, 0.5) is 5.69 Å². The fraction of sp³-hybridized carbons (Fsp3) is 0.190. The van der Waals surface area contributed by atoms with E-state index >= 15 is 0 Å². The minimum absolute atomic E-state index is 0.0146. The number of halogens is 1. The van der Waals surface area contributed by atoms with Crippen LogP contribution in [0.2, 0.25) is 0 Å². The molecule has 3 rings (SSSR count). The number of hydrogen-bond acceptors (Lipinski definition) is 5. The summed E-state index contributed by atoms with van der Waals surface area (Å²) in [6.45, 7) is 3.83. The van der Waals surface area contributed by atoms with Crippen LogP contribution in [0.5, 0.6) is 11.5 Å². The third-order valence-corrected chi connectivity index (χ3v) is 4.86. The van der Waals surface area contributed by atoms with E-state index in [1.807, 2.05) is 13.8 Å². The first-order chi connectivity index (χ1) is 13.8. The number of anilines is 1. The number of amides is 2. The van der Waals surface area contributed by atoms with Crippen LogP contribution in [-0.4, -0.2) is 30.1 Å². The van der Waals surface area contributed by atoms with Crippen LogP contribution in [0.25, 0.3) is 6.08 Å². The van der Waals surface area contributed by atoms with E-state index in [1.54, 1.807) is 42.5 Å². The second kappa shape index (κ2) is 8.75. The van der Waals surface area contributed by atoms with Gasteiger partial charge in [0.1, 0.15) is 5.57 Å². The molecule has 0 spiro atoms. The Morgan fingerprint density at radius 1 is 1.10 bits per heavy atom. The Bertz CT molecular complexity index is 1000. The smallest absolute Gasteiger partial charge is 0.270 e. The normalized spacial score (nSPS) is 15.7. The largest absolute Gasteiger partial charge is 0.493 e. The Hall–Kier alpha value is -2.71. The van der Waals surface area contributed by atoms with Gasteiger partial charge in [0.25, 0.3) is 11.8 Å². The maximum Gasteiger partial charge on any atom is 0.270 e. The molecule has 1 aliphatic rings. The van der Waals surface area contributed by atoms with Crippen LogP contribution in [0.15, 0.2) is 52.5 Å². The first-order valence-electron chi connectivity index (χ1n) is 8.82. The summed E-state index contributed by atoms with van der Waals surface area (Å²) in [4.78, 5) is 26.8. The summed E-state index contributed by atoms with van der Waals surface area (Å²) in [5.41, 5.74) is 1.16. The molecule has 1 fully saturated rings. The second-order valence-corrected chi connectivity index (χ2v) is 7.81. The van der Waals surface area contributed by atoms with E-state index in [4.69, 9.17) is 21.7 Å². The van der Waals surface area contributed by atoms with E-state index in [-0.39, 0.29) is 16.8 Å². The van der Waals surface area contributed by atoms with Gasteiger partial charge in [-0.3, -0.25) is 19.8 Å². The van der Waals surface area contributed by atoms with Gasteiger partial charge in [-0.25, -0.2) is 0 Å². The number of thiocarbonyl (C=S) groups is 1. The van der Waals surface area contributed by atoms with Gasteiger partial charge in [0.15, 0.2) is 16.6 Å². The highest BCUT2D eigenvalue weighted by Crippen LogP contribution is 2.30. The van der Waals surface area contributed by atoms with Crippen molar-refractivity contribution in [3.8, 4) is 11.5 Å². The Morgan fingerprint density at radius 2 is 1.79 bits per heavy atom. The predicted molar refractivity (Wildman–Crippen MR) is 119 cm³/mol. The van der Waals surface area contributed by atoms with Gasteiger partial charge < -0.3 is 9.47 Å². The number of rotatable bonds is 5. The fourth-order valence-corrected chi connectivity index (χ4v) is 3.32. The highest BCUT2D eigenvalue weighted by atomic mass is 79.9. The third kappa shape index (κ3) is 4.65. The van der Waals surface area contributed by atoms with E-state index in [0.29, 0.717) is 22.7 Å². The lowest BCUT2D eigenvalue weighted by molar-refractivity contribution is -0.122. The maximum absolute atomic E-state index is 13.0. The lowest BCUT2D eigenvalue weighted by Gasteiger charge is -2.29. The summed E-state index contributed by atoms with van der Waals surface area (Å²) in [6.07, 6.45) is 1.49. The highest BCUT2D eigenvalue weighted by Gasteiger charge is 2.34. The summed E-state index contributed by atoms with van der Waals surface area (Å²) in [5.74, 6) is 0.0520. The monoisotopic (exact) mass is 474 g/mol. The zero-order valence-electron chi connectivity index (χ0n) is 16.1. The minimum atomic E-state index is -0.546. The lowest BCUT2D eigenvalue weighted by Crippen LogP contribution is -2.54. The van der Waals surface area contributed by atoms with Gasteiger partial charge in [-0.15, -0.1) is 0 Å². The Kier molecular flexibility index (Phi) is 6.34. The van der Waals surface area contributed by atoms with Crippen molar-refractivity contribution in [2.24, 2.45) is 0 Å². The van der Waals surface area contributed by atoms with E-state index < -0.39 is 11.8 Å². The van der Waals surface area contributed by atoms with Crippen LogP contribution >= 0.6 is 28.1 Å². The van der Waals surface area contributed by atoms with Crippen molar-refractivity contribution in [3.05, 3.63) is 58.1 Å². The standard InChI is InChI=1S/C21H19BrN2O4S/c1-12(2)28-17-9-4-13(11-18(17)27-3)10-16-19(25)23-21(29)24(20(16)26)15-7-5-14(22)6-8-15/h4-12H,1-3H3,(H,23,25,29)/b16-10+. The molecule has 1 aliphatic heterocycles. The summed E-state index contributed by atoms with van der Waals surface area (Å²) in [6, 6.07) is 12.3. The summed E-state index contributed by atoms with van der Waals surface area (Å²) >= 11 is 8.57. The average Bonchev–Trinajstić information content (AvgIpc) is 2.67. The molecule has 0 bridgehead atoms. The molecule has 0 saturated carbocycles. The van der Waals surface area contributed by atoms with Crippen LogP contribution in [0.1, 0.15) is 19.4 Å². The SMILES string of the molecule is COc1cc(/C=C2\C(=O)NC(=S)N(c3ccc(Br)cc3)C2=O)ccc1OC(C)C. The number of nitrogens with one attached hydrogen (secondary N) is 1. The van der Waals surface area contributed by atoms with Crippen molar-refractivity contribution in [2.45, 2.75) is 20.0 Å². The molecule has 0 atom stereocenters. The van der Waals surface area contributed by atoms with Gasteiger partial charge in [0, 0.05) is 4.47 Å². The van der Waals surface area contributed by atoms with Gasteiger partial charge in [0.05, 0.1) is 18.9 Å². The summed E-state index contributed by atoms with van der Waals surface area (Å²) < 4.78 is 11.9. The van der Waals surface area contributed by atoms with Crippen molar-refractivity contribution >= 4 is 56.8 Å². The van der Waals surface area contributed by atoms with E-state index in [9.17, 15) is 9.59 Å². The first-order valence-corrected chi connectivity index (χ1v) is 10.0.